The highest BCUT2D eigenvalue weighted by atomic mass is 32.1. The molecule has 4 aromatic rings. The van der Waals surface area contributed by atoms with Crippen LogP contribution in [0.4, 0.5) is 10.1 Å². The van der Waals surface area contributed by atoms with Crippen LogP contribution in [0, 0.1) is 19.7 Å². The summed E-state index contributed by atoms with van der Waals surface area (Å²) in [5.74, 6) is -1.22. The Morgan fingerprint density at radius 1 is 1.06 bits per heavy atom. The van der Waals surface area contributed by atoms with Gasteiger partial charge < -0.3 is 10.6 Å². The third kappa shape index (κ3) is 4.77. The fourth-order valence-electron chi connectivity index (χ4n) is 3.24. The van der Waals surface area contributed by atoms with Crippen molar-refractivity contribution in [2.75, 3.05) is 11.9 Å². The summed E-state index contributed by atoms with van der Waals surface area (Å²) < 4.78 is 14.8. The first-order chi connectivity index (χ1) is 14.9. The number of carbonyl (C=O) groups is 2. The maximum absolute atomic E-state index is 13.1. The molecule has 0 unspecified atom stereocenters. The van der Waals surface area contributed by atoms with E-state index in [1.54, 1.807) is 16.6 Å². The third-order valence-corrected chi connectivity index (χ3v) is 5.47. The van der Waals surface area contributed by atoms with E-state index in [0.717, 1.165) is 22.4 Å². The molecule has 0 aliphatic carbocycles. The molecule has 31 heavy (non-hydrogen) atoms. The van der Waals surface area contributed by atoms with Crippen LogP contribution in [0.2, 0.25) is 0 Å². The smallest absolute Gasteiger partial charge is 0.313 e. The molecule has 0 fully saturated rings. The number of anilines is 1. The first-order valence-electron chi connectivity index (χ1n) is 9.65. The largest absolute Gasteiger partial charge is 0.347 e. The predicted molar refractivity (Wildman–Crippen MR) is 118 cm³/mol. The van der Waals surface area contributed by atoms with E-state index in [2.05, 4.69) is 20.7 Å². The van der Waals surface area contributed by atoms with E-state index in [0.29, 0.717) is 22.9 Å². The van der Waals surface area contributed by atoms with Gasteiger partial charge in [-0.1, -0.05) is 6.07 Å². The quantitative estimate of drug-likeness (QED) is 0.468. The third-order valence-electron chi connectivity index (χ3n) is 4.60. The highest BCUT2D eigenvalue weighted by Crippen LogP contribution is 2.21. The number of benzene rings is 2. The molecule has 0 spiro atoms. The molecule has 0 saturated carbocycles. The summed E-state index contributed by atoms with van der Waals surface area (Å²) in [4.78, 5) is 29.5. The van der Waals surface area contributed by atoms with Crippen molar-refractivity contribution in [3.05, 3.63) is 70.5 Å². The number of thiazole rings is 1. The lowest BCUT2D eigenvalue weighted by atomic mass is 10.1. The number of rotatable bonds is 5. The maximum atomic E-state index is 13.1. The minimum absolute atomic E-state index is 0.274. The number of aromatic nitrogens is 3. The van der Waals surface area contributed by atoms with Gasteiger partial charge in [0.25, 0.3) is 0 Å². The summed E-state index contributed by atoms with van der Waals surface area (Å²) in [5.41, 5.74) is 4.18. The van der Waals surface area contributed by atoms with E-state index in [1.807, 2.05) is 37.4 Å². The zero-order valence-electron chi connectivity index (χ0n) is 17.0. The second-order valence-electron chi connectivity index (χ2n) is 7.20. The number of fused-ring (bicyclic) bond motifs is 1. The Labute approximate surface area is 181 Å². The summed E-state index contributed by atoms with van der Waals surface area (Å²) in [6.45, 7) is 4.13. The van der Waals surface area contributed by atoms with Crippen LogP contribution < -0.4 is 10.6 Å². The molecule has 0 bridgehead atoms. The molecule has 2 amide bonds. The highest BCUT2D eigenvalue weighted by Gasteiger charge is 2.15. The SMILES string of the molecule is Cc1cc(C)cc(NC(=O)C(=O)NCCc2csc3nc(-c4ccc(F)cc4)nn23)c1. The van der Waals surface area contributed by atoms with Crippen molar-refractivity contribution in [3.63, 3.8) is 0 Å². The average molecular weight is 438 g/mol. The predicted octanol–water partition coefficient (Wildman–Crippen LogP) is 3.51. The normalized spacial score (nSPS) is 10.9. The van der Waals surface area contributed by atoms with Crippen molar-refractivity contribution in [1.82, 2.24) is 19.9 Å². The molecule has 0 aliphatic heterocycles. The minimum atomic E-state index is -0.709. The number of nitrogens with one attached hydrogen (secondary N) is 2. The molecule has 2 heterocycles. The van der Waals surface area contributed by atoms with Crippen molar-refractivity contribution in [2.45, 2.75) is 20.3 Å². The minimum Gasteiger partial charge on any atom is -0.347 e. The van der Waals surface area contributed by atoms with Gasteiger partial charge in [0.2, 0.25) is 4.96 Å². The van der Waals surface area contributed by atoms with E-state index in [9.17, 15) is 14.0 Å². The molecular weight excluding hydrogens is 417 g/mol. The Bertz CT molecular complexity index is 1240. The molecule has 0 aliphatic rings. The Morgan fingerprint density at radius 3 is 2.48 bits per heavy atom. The Kier molecular flexibility index (Phi) is 5.77. The molecule has 4 rings (SSSR count). The van der Waals surface area contributed by atoms with Crippen molar-refractivity contribution in [3.8, 4) is 11.4 Å². The molecule has 2 aromatic carbocycles. The second-order valence-corrected chi connectivity index (χ2v) is 8.04. The van der Waals surface area contributed by atoms with Crippen LogP contribution >= 0.6 is 11.3 Å². The van der Waals surface area contributed by atoms with Gasteiger partial charge in [0.05, 0.1) is 5.69 Å². The van der Waals surface area contributed by atoms with Gasteiger partial charge in [-0.2, -0.15) is 4.98 Å². The summed E-state index contributed by atoms with van der Waals surface area (Å²) in [6.07, 6.45) is 0.481. The maximum Gasteiger partial charge on any atom is 0.313 e. The van der Waals surface area contributed by atoms with Crippen molar-refractivity contribution in [2.24, 2.45) is 0 Å². The van der Waals surface area contributed by atoms with Gasteiger partial charge in [0.15, 0.2) is 5.82 Å². The van der Waals surface area contributed by atoms with Crippen LogP contribution in [-0.4, -0.2) is 33.0 Å². The number of amides is 2. The Morgan fingerprint density at radius 2 is 1.77 bits per heavy atom. The lowest BCUT2D eigenvalue weighted by Crippen LogP contribution is -2.36. The van der Waals surface area contributed by atoms with E-state index >= 15 is 0 Å². The van der Waals surface area contributed by atoms with Crippen LogP contribution in [0.3, 0.4) is 0 Å². The Hall–Kier alpha value is -3.59. The second kappa shape index (κ2) is 8.65. The lowest BCUT2D eigenvalue weighted by molar-refractivity contribution is -0.136. The molecular formula is C22H20FN5O2S. The number of hydrogen-bond donors (Lipinski definition) is 2. The Balaban J connectivity index is 1.36. The van der Waals surface area contributed by atoms with Crippen LogP contribution in [0.1, 0.15) is 16.8 Å². The fraction of sp³-hybridized carbons (Fsp3) is 0.182. The molecule has 0 saturated heterocycles. The molecule has 7 nitrogen and oxygen atoms in total. The van der Waals surface area contributed by atoms with Crippen LogP contribution in [-0.2, 0) is 16.0 Å². The van der Waals surface area contributed by atoms with E-state index < -0.39 is 11.8 Å². The van der Waals surface area contributed by atoms with Gasteiger partial charge in [-0.15, -0.1) is 16.4 Å². The number of halogens is 1. The zero-order chi connectivity index (χ0) is 22.0. The van der Waals surface area contributed by atoms with Gasteiger partial charge >= 0.3 is 11.8 Å². The van der Waals surface area contributed by atoms with Gasteiger partial charge in [0, 0.05) is 29.6 Å². The number of carbonyl (C=O) groups excluding carboxylic acids is 2. The monoisotopic (exact) mass is 437 g/mol. The molecule has 0 radical (unpaired) electrons. The van der Waals surface area contributed by atoms with Crippen LogP contribution in [0.5, 0.6) is 0 Å². The highest BCUT2D eigenvalue weighted by molar-refractivity contribution is 7.15. The van der Waals surface area contributed by atoms with Crippen molar-refractivity contribution in [1.29, 1.82) is 0 Å². The summed E-state index contributed by atoms with van der Waals surface area (Å²) in [6, 6.07) is 11.6. The van der Waals surface area contributed by atoms with Crippen molar-refractivity contribution >= 4 is 33.8 Å². The van der Waals surface area contributed by atoms with Gasteiger partial charge in [-0.05, 0) is 61.4 Å². The first-order valence-corrected chi connectivity index (χ1v) is 10.5. The van der Waals surface area contributed by atoms with Crippen molar-refractivity contribution < 1.29 is 14.0 Å². The van der Waals surface area contributed by atoms with E-state index in [4.69, 9.17) is 0 Å². The van der Waals surface area contributed by atoms with Gasteiger partial charge in [-0.3, -0.25) is 9.59 Å². The molecule has 2 N–H and O–H groups in total. The van der Waals surface area contributed by atoms with Crippen LogP contribution in [0.25, 0.3) is 16.3 Å². The number of hydrogen-bond acceptors (Lipinski definition) is 5. The van der Waals surface area contributed by atoms with E-state index in [1.165, 1.54) is 23.5 Å². The zero-order valence-corrected chi connectivity index (χ0v) is 17.8. The summed E-state index contributed by atoms with van der Waals surface area (Å²) in [7, 11) is 0. The molecule has 2 aromatic heterocycles. The topological polar surface area (TPSA) is 88.4 Å². The van der Waals surface area contributed by atoms with Gasteiger partial charge in [-0.25, -0.2) is 8.91 Å². The fourth-order valence-corrected chi connectivity index (χ4v) is 4.09. The summed E-state index contributed by atoms with van der Waals surface area (Å²) >= 11 is 1.43. The molecule has 158 valence electrons. The van der Waals surface area contributed by atoms with Crippen LogP contribution in [0.15, 0.2) is 47.8 Å². The first kappa shape index (κ1) is 20.7. The lowest BCUT2D eigenvalue weighted by Gasteiger charge is -2.08. The molecule has 0 atom stereocenters. The average Bonchev–Trinajstić information content (AvgIpc) is 3.29. The number of aryl methyl sites for hydroxylation is 2. The molecule has 9 heteroatoms. The summed E-state index contributed by atoms with van der Waals surface area (Å²) in [5, 5.41) is 11.6. The standard InChI is InChI=1S/C22H20FN5O2S/c1-13-9-14(2)11-17(10-13)25-21(30)20(29)24-8-7-18-12-31-22-26-19(27-28(18)22)15-3-5-16(23)6-4-15/h3-6,9-12H,7-8H2,1-2H3,(H,24,29)(H,25,30). The number of nitrogens with zero attached hydrogens (tertiary/aromatic N) is 3. The van der Waals surface area contributed by atoms with E-state index in [-0.39, 0.29) is 12.4 Å². The van der Waals surface area contributed by atoms with Gasteiger partial charge in [0.1, 0.15) is 5.82 Å².